The maximum atomic E-state index is 13.8. The van der Waals surface area contributed by atoms with Crippen LogP contribution >= 0.6 is 0 Å². The average molecular weight is 533 g/mol. The van der Waals surface area contributed by atoms with Gasteiger partial charge in [0.25, 0.3) is 13.1 Å². The quantitative estimate of drug-likeness (QED) is 0.0651. The lowest BCUT2D eigenvalue weighted by Gasteiger charge is -2.16. The first-order valence-corrected chi connectivity index (χ1v) is 9.74. The fourth-order valence-corrected chi connectivity index (χ4v) is 2.77. The van der Waals surface area contributed by atoms with Crippen molar-refractivity contribution >= 4 is 0 Å². The molecule has 36 heavy (non-hydrogen) atoms. The van der Waals surface area contributed by atoms with Crippen LogP contribution in [0.15, 0.2) is 0 Å². The van der Waals surface area contributed by atoms with Crippen molar-refractivity contribution < 1.29 is 39.1 Å². The lowest BCUT2D eigenvalue weighted by molar-refractivity contribution is -0.973. The predicted molar refractivity (Wildman–Crippen MR) is 106 cm³/mol. The van der Waals surface area contributed by atoms with E-state index < -0.39 is 72.6 Å². The second-order valence-electron chi connectivity index (χ2n) is 7.15. The monoisotopic (exact) mass is 533 g/mol. The Hall–Kier alpha value is -4.67. The minimum atomic E-state index is -4.28. The van der Waals surface area contributed by atoms with Crippen LogP contribution in [0.4, 0.5) is 4.39 Å². The minimum Gasteiger partial charge on any atom is -0.256 e. The number of halogens is 1. The molecule has 0 aromatic rings. The lowest BCUT2D eigenvalue weighted by Crippen LogP contribution is -2.61. The number of alkyl halides is 1. The molecule has 0 saturated carbocycles. The van der Waals surface area contributed by atoms with Crippen molar-refractivity contribution in [1.82, 2.24) is 10.0 Å². The Labute approximate surface area is 197 Å². The van der Waals surface area contributed by atoms with E-state index in [-0.39, 0.29) is 35.7 Å². The molecule has 0 atom stereocenters. The van der Waals surface area contributed by atoms with Crippen LogP contribution in [0.2, 0.25) is 0 Å². The highest BCUT2D eigenvalue weighted by Gasteiger charge is 2.73. The van der Waals surface area contributed by atoms with Crippen LogP contribution in [0.3, 0.4) is 0 Å². The van der Waals surface area contributed by atoms with Gasteiger partial charge in [0, 0.05) is 0 Å². The molecule has 0 aromatic carbocycles. The van der Waals surface area contributed by atoms with E-state index in [9.17, 15) is 75.2 Å². The summed E-state index contributed by atoms with van der Waals surface area (Å²) < 4.78 is 13.8. The summed E-state index contributed by atoms with van der Waals surface area (Å²) >= 11 is 0. The number of hydrazine groups is 2. The average Bonchev–Trinajstić information content (AvgIpc) is 2.74. The normalized spacial score (nSPS) is 11.4. The molecule has 0 spiro atoms. The van der Waals surface area contributed by atoms with Crippen molar-refractivity contribution in [2.24, 2.45) is 0 Å². The summed E-state index contributed by atoms with van der Waals surface area (Å²) in [7, 11) is 0. The zero-order chi connectivity index (χ0) is 28.3. The SMILES string of the molecule is O=[N+]([O-])N(CCCCCCCCN(CC([N+](=O)[O-])([N+](=O)[O-])[N+](=O)[O-])[N+](=O)[O-])CC(F)([N+](=O)[O-])[N+](=O)[O-]. The number of nitro groups is 7. The molecule has 0 rings (SSSR count). The van der Waals surface area contributed by atoms with E-state index in [1.165, 1.54) is 0 Å². The number of rotatable bonds is 20. The van der Waals surface area contributed by atoms with Gasteiger partial charge >= 0.3 is 11.7 Å². The summed E-state index contributed by atoms with van der Waals surface area (Å²) in [6.45, 7) is -4.66. The highest BCUT2D eigenvalue weighted by atomic mass is 19.2. The van der Waals surface area contributed by atoms with Crippen LogP contribution in [0.5, 0.6) is 0 Å². The largest absolute Gasteiger partial charge is 0.723 e. The van der Waals surface area contributed by atoms with Gasteiger partial charge in [-0.1, -0.05) is 30.1 Å². The Balaban J connectivity index is 4.69. The molecule has 0 aromatic heterocycles. The molecule has 204 valence electrons. The molecule has 0 aliphatic carbocycles. The first-order valence-electron chi connectivity index (χ1n) is 9.74. The third-order valence-corrected chi connectivity index (χ3v) is 4.76. The Kier molecular flexibility index (Phi) is 11.6. The first-order chi connectivity index (χ1) is 16.5. The van der Waals surface area contributed by atoms with Crippen LogP contribution in [-0.2, 0) is 0 Å². The first kappa shape index (κ1) is 31.3. The molecule has 0 fully saturated rings. The van der Waals surface area contributed by atoms with E-state index in [1.54, 1.807) is 0 Å². The van der Waals surface area contributed by atoms with Gasteiger partial charge < -0.3 is 0 Å². The summed E-state index contributed by atoms with van der Waals surface area (Å²) in [5.74, 6) is -8.33. The fraction of sp³-hybridized carbons (Fsp3) is 1.00. The molecule has 0 radical (unpaired) electrons. The Bertz CT molecular complexity index is 837. The molecular weight excluding hydrogens is 513 g/mol. The van der Waals surface area contributed by atoms with Gasteiger partial charge in [0.1, 0.15) is 9.85 Å². The number of nitrogens with zero attached hydrogens (tertiary/aromatic N) is 9. The third-order valence-electron chi connectivity index (χ3n) is 4.76. The fourth-order valence-electron chi connectivity index (χ4n) is 2.77. The van der Waals surface area contributed by atoms with Gasteiger partial charge in [-0.25, -0.2) is 20.2 Å². The van der Waals surface area contributed by atoms with Crippen molar-refractivity contribution in [3.05, 3.63) is 70.8 Å². The molecule has 0 amide bonds. The molecule has 0 N–H and O–H groups in total. The summed E-state index contributed by atoms with van der Waals surface area (Å²) in [5, 5.41) is 73.3. The highest BCUT2D eigenvalue weighted by Crippen LogP contribution is 2.18. The zero-order valence-electron chi connectivity index (χ0n) is 18.2. The molecule has 0 heterocycles. The second kappa shape index (κ2) is 13.3. The van der Waals surface area contributed by atoms with E-state index in [0.717, 1.165) is 0 Å². The van der Waals surface area contributed by atoms with Crippen LogP contribution in [0, 0.1) is 70.8 Å². The van der Waals surface area contributed by atoms with Gasteiger partial charge in [-0.15, -0.1) is 10.0 Å². The Morgan fingerprint density at radius 3 is 1.08 bits per heavy atom. The smallest absolute Gasteiger partial charge is 0.256 e. The number of unbranched alkanes of at least 4 members (excludes halogenated alkanes) is 5. The van der Waals surface area contributed by atoms with Crippen molar-refractivity contribution in [3.63, 3.8) is 0 Å². The zero-order valence-corrected chi connectivity index (χ0v) is 18.2. The minimum absolute atomic E-state index is 0.0211. The van der Waals surface area contributed by atoms with E-state index in [2.05, 4.69) is 0 Å². The standard InChI is InChI=1S/C12H20FN9O14/c13-11(16(23)24,17(25)26)9-14(21(33)34)7-5-3-1-2-4-6-8-15(22(35)36)10-12(18(27)28,19(29)30)20(31)32/h1-10H2. The van der Waals surface area contributed by atoms with Gasteiger partial charge in [0.05, 0.1) is 13.1 Å². The summed E-state index contributed by atoms with van der Waals surface area (Å²) in [6.07, 6.45) is 0.934. The van der Waals surface area contributed by atoms with Gasteiger partial charge in [-0.2, -0.15) is 0 Å². The molecular formula is C12H20FN9O14. The maximum Gasteiger partial charge on any atom is 0.723 e. The third kappa shape index (κ3) is 7.97. The molecule has 23 nitrogen and oxygen atoms in total. The summed E-state index contributed by atoms with van der Waals surface area (Å²) in [4.78, 5) is 66.5. The van der Waals surface area contributed by atoms with Gasteiger partial charge in [0.15, 0.2) is 24.8 Å². The molecule has 0 saturated heterocycles. The van der Waals surface area contributed by atoms with Crippen LogP contribution in [-0.4, -0.2) is 82.6 Å². The van der Waals surface area contributed by atoms with Crippen molar-refractivity contribution in [2.45, 2.75) is 50.2 Å². The molecule has 0 unspecified atom stereocenters. The molecule has 0 aliphatic rings. The highest BCUT2D eigenvalue weighted by molar-refractivity contribution is 4.60. The van der Waals surface area contributed by atoms with Crippen LogP contribution < -0.4 is 0 Å². The Morgan fingerprint density at radius 2 is 0.806 bits per heavy atom. The van der Waals surface area contributed by atoms with Crippen LogP contribution in [0.25, 0.3) is 0 Å². The molecule has 0 aliphatic heterocycles. The predicted octanol–water partition coefficient (Wildman–Crippen LogP) is -0.0250. The van der Waals surface area contributed by atoms with Gasteiger partial charge in [0.2, 0.25) is 0 Å². The lowest BCUT2D eigenvalue weighted by atomic mass is 10.1. The number of hydrogen-bond acceptors (Lipinski definition) is 14. The maximum absolute atomic E-state index is 13.8. The number of hydrogen-bond donors (Lipinski definition) is 0. The topological polar surface area (TPSA) is 308 Å². The van der Waals surface area contributed by atoms with E-state index in [4.69, 9.17) is 0 Å². The molecule has 0 bridgehead atoms. The second-order valence-corrected chi connectivity index (χ2v) is 7.15. The summed E-state index contributed by atoms with van der Waals surface area (Å²) in [5.41, 5.74) is 0. The molecule has 24 heteroatoms. The van der Waals surface area contributed by atoms with E-state index >= 15 is 0 Å². The van der Waals surface area contributed by atoms with Crippen molar-refractivity contribution in [3.8, 4) is 0 Å². The van der Waals surface area contributed by atoms with Crippen molar-refractivity contribution in [2.75, 3.05) is 26.2 Å². The Morgan fingerprint density at radius 1 is 0.500 bits per heavy atom. The summed E-state index contributed by atoms with van der Waals surface area (Å²) in [6, 6.07) is 0. The van der Waals surface area contributed by atoms with E-state index in [1.807, 2.05) is 0 Å². The van der Waals surface area contributed by atoms with Gasteiger partial charge in [-0.05, 0) is 12.8 Å². The van der Waals surface area contributed by atoms with E-state index in [0.29, 0.717) is 12.8 Å². The van der Waals surface area contributed by atoms with Crippen LogP contribution in [0.1, 0.15) is 38.5 Å². The van der Waals surface area contributed by atoms with Crippen molar-refractivity contribution in [1.29, 1.82) is 0 Å². The van der Waals surface area contributed by atoms with Gasteiger partial charge in [-0.3, -0.25) is 50.6 Å².